The number of carbonyl (C=O) groups is 1. The smallest absolute Gasteiger partial charge is 0.257 e. The van der Waals surface area contributed by atoms with Gasteiger partial charge in [-0.25, -0.2) is 0 Å². The van der Waals surface area contributed by atoms with Crippen LogP contribution in [0.5, 0.6) is 5.75 Å². The van der Waals surface area contributed by atoms with Crippen molar-refractivity contribution in [3.63, 3.8) is 0 Å². The number of amides is 1. The van der Waals surface area contributed by atoms with Gasteiger partial charge in [0, 0.05) is 25.4 Å². The molecule has 2 heterocycles. The maximum absolute atomic E-state index is 12.9. The lowest BCUT2D eigenvalue weighted by Gasteiger charge is -2.33. The van der Waals surface area contributed by atoms with Crippen LogP contribution in [0.3, 0.4) is 0 Å². The molecule has 10 heteroatoms. The van der Waals surface area contributed by atoms with Crippen LogP contribution in [-0.2, 0) is 11.3 Å². The summed E-state index contributed by atoms with van der Waals surface area (Å²) in [4.78, 5) is 14.7. The molecular weight excluding hydrogens is 415 g/mol. The molecule has 150 valence electrons. The number of methoxy groups -OCH3 is 1. The van der Waals surface area contributed by atoms with Crippen molar-refractivity contribution >= 4 is 48.0 Å². The summed E-state index contributed by atoms with van der Waals surface area (Å²) >= 11 is 6.08. The van der Waals surface area contributed by atoms with Crippen molar-refractivity contribution < 1.29 is 14.3 Å². The predicted octanol–water partition coefficient (Wildman–Crippen LogP) is 2.82. The zero-order chi connectivity index (χ0) is 18.0. The first-order valence-electron chi connectivity index (χ1n) is 8.01. The highest BCUT2D eigenvalue weighted by atomic mass is 35.5. The number of morpholine rings is 1. The summed E-state index contributed by atoms with van der Waals surface area (Å²) in [6.45, 7) is 4.04. The van der Waals surface area contributed by atoms with E-state index in [4.69, 9.17) is 26.8 Å². The quantitative estimate of drug-likeness (QED) is 0.744. The molecule has 1 aromatic carbocycles. The highest BCUT2D eigenvalue weighted by Crippen LogP contribution is 2.30. The van der Waals surface area contributed by atoms with Crippen LogP contribution in [0, 0.1) is 6.92 Å². The zero-order valence-electron chi connectivity index (χ0n) is 15.1. The molecule has 1 aliphatic rings. The van der Waals surface area contributed by atoms with Gasteiger partial charge in [-0.1, -0.05) is 11.6 Å². The van der Waals surface area contributed by atoms with Crippen LogP contribution in [0.15, 0.2) is 24.5 Å². The van der Waals surface area contributed by atoms with Gasteiger partial charge in [0.25, 0.3) is 5.91 Å². The Labute approximate surface area is 175 Å². The second-order valence-electron chi connectivity index (χ2n) is 6.06. The highest BCUT2D eigenvalue weighted by molar-refractivity contribution is 6.33. The minimum atomic E-state index is -0.149. The second-order valence-corrected chi connectivity index (χ2v) is 6.46. The minimum absolute atomic E-state index is 0. The third-order valence-electron chi connectivity index (χ3n) is 4.13. The largest absolute Gasteiger partial charge is 0.496 e. The van der Waals surface area contributed by atoms with Gasteiger partial charge in [-0.3, -0.25) is 9.48 Å². The van der Waals surface area contributed by atoms with E-state index in [-0.39, 0.29) is 36.8 Å². The Kier molecular flexibility index (Phi) is 8.68. The van der Waals surface area contributed by atoms with Crippen molar-refractivity contribution in [2.75, 3.05) is 32.5 Å². The number of benzene rings is 1. The van der Waals surface area contributed by atoms with E-state index >= 15 is 0 Å². The number of aryl methyl sites for hydroxylation is 1. The summed E-state index contributed by atoms with van der Waals surface area (Å²) in [6, 6.07) is 3.12. The van der Waals surface area contributed by atoms with Gasteiger partial charge in [-0.05, 0) is 18.6 Å². The number of nitrogens with zero attached hydrogens (tertiary/aromatic N) is 3. The van der Waals surface area contributed by atoms with E-state index in [1.165, 1.54) is 7.11 Å². The van der Waals surface area contributed by atoms with Crippen LogP contribution in [0.1, 0.15) is 15.9 Å². The number of hydrogen-bond donors (Lipinski definition) is 1. The number of anilines is 1. The van der Waals surface area contributed by atoms with E-state index < -0.39 is 0 Å². The Morgan fingerprint density at radius 1 is 1.44 bits per heavy atom. The predicted molar refractivity (Wildman–Crippen MR) is 110 cm³/mol. The van der Waals surface area contributed by atoms with E-state index in [1.807, 2.05) is 17.8 Å². The number of nitrogen functional groups attached to an aromatic ring is 1. The fourth-order valence-corrected chi connectivity index (χ4v) is 3.03. The molecule has 1 saturated heterocycles. The summed E-state index contributed by atoms with van der Waals surface area (Å²) in [7, 11) is 1.50. The van der Waals surface area contributed by atoms with Crippen molar-refractivity contribution in [2.45, 2.75) is 19.6 Å². The summed E-state index contributed by atoms with van der Waals surface area (Å²) in [5, 5.41) is 4.60. The fourth-order valence-electron chi connectivity index (χ4n) is 2.87. The fraction of sp³-hybridized carbons (Fsp3) is 0.412. The first-order valence-corrected chi connectivity index (χ1v) is 8.38. The SMILES string of the molecule is COc1cc(N)c(Cl)cc1C(=O)N1CCOC(Cn2cc(C)cn2)C1.Cl.Cl. The molecule has 27 heavy (non-hydrogen) atoms. The Morgan fingerprint density at radius 2 is 2.19 bits per heavy atom. The van der Waals surface area contributed by atoms with Crippen LogP contribution in [-0.4, -0.2) is 53.5 Å². The molecule has 0 spiro atoms. The van der Waals surface area contributed by atoms with Gasteiger partial charge >= 0.3 is 0 Å². The van der Waals surface area contributed by atoms with E-state index in [9.17, 15) is 4.79 Å². The second kappa shape index (κ2) is 10.0. The van der Waals surface area contributed by atoms with Crippen LogP contribution < -0.4 is 10.5 Å². The first kappa shape index (κ1) is 23.4. The average molecular weight is 438 g/mol. The third kappa shape index (κ3) is 5.42. The van der Waals surface area contributed by atoms with Crippen molar-refractivity contribution in [1.82, 2.24) is 14.7 Å². The molecule has 0 bridgehead atoms. The van der Waals surface area contributed by atoms with Crippen molar-refractivity contribution in [3.05, 3.63) is 40.7 Å². The standard InChI is InChI=1S/C17H21ClN4O3.2ClH/c1-11-7-20-22(8-11)10-12-9-21(3-4-25-12)17(23)13-5-14(18)15(19)6-16(13)24-2;;/h5-8,12H,3-4,9-10,19H2,1-2H3;2*1H. The van der Waals surface area contributed by atoms with Crippen molar-refractivity contribution in [2.24, 2.45) is 0 Å². The number of hydrogen-bond acceptors (Lipinski definition) is 5. The molecule has 2 aromatic rings. The Balaban J connectivity index is 0.00000182. The summed E-state index contributed by atoms with van der Waals surface area (Å²) in [6.07, 6.45) is 3.63. The number of carbonyl (C=O) groups excluding carboxylic acids is 1. The van der Waals surface area contributed by atoms with E-state index in [0.717, 1.165) is 5.56 Å². The monoisotopic (exact) mass is 436 g/mol. The van der Waals surface area contributed by atoms with Crippen LogP contribution in [0.25, 0.3) is 0 Å². The van der Waals surface area contributed by atoms with Gasteiger partial charge in [0.15, 0.2) is 0 Å². The number of halogens is 3. The number of ether oxygens (including phenoxy) is 2. The summed E-state index contributed by atoms with van der Waals surface area (Å²) in [5.74, 6) is 0.265. The molecule has 1 atom stereocenters. The molecule has 3 rings (SSSR count). The lowest BCUT2D eigenvalue weighted by atomic mass is 10.1. The zero-order valence-corrected chi connectivity index (χ0v) is 17.4. The first-order chi connectivity index (χ1) is 12.0. The maximum atomic E-state index is 12.9. The van der Waals surface area contributed by atoms with Gasteiger partial charge in [0.2, 0.25) is 0 Å². The van der Waals surface area contributed by atoms with E-state index in [0.29, 0.717) is 48.3 Å². The lowest BCUT2D eigenvalue weighted by molar-refractivity contribution is -0.0300. The topological polar surface area (TPSA) is 82.6 Å². The third-order valence-corrected chi connectivity index (χ3v) is 4.46. The molecule has 7 nitrogen and oxygen atoms in total. The molecule has 0 aliphatic carbocycles. The molecule has 1 aliphatic heterocycles. The normalized spacial score (nSPS) is 16.3. The van der Waals surface area contributed by atoms with E-state index in [1.54, 1.807) is 23.2 Å². The van der Waals surface area contributed by atoms with E-state index in [2.05, 4.69) is 5.10 Å². The van der Waals surface area contributed by atoms with Crippen LogP contribution in [0.2, 0.25) is 5.02 Å². The van der Waals surface area contributed by atoms with Gasteiger partial charge in [0.1, 0.15) is 5.75 Å². The molecule has 1 aromatic heterocycles. The number of rotatable bonds is 4. The number of nitrogens with two attached hydrogens (primary N) is 1. The maximum Gasteiger partial charge on any atom is 0.257 e. The van der Waals surface area contributed by atoms with Crippen molar-refractivity contribution in [3.8, 4) is 5.75 Å². The lowest BCUT2D eigenvalue weighted by Crippen LogP contribution is -2.47. The Bertz CT molecular complexity index is 785. The molecular formula is C17H23Cl3N4O3. The molecule has 2 N–H and O–H groups in total. The van der Waals surface area contributed by atoms with Gasteiger partial charge < -0.3 is 20.1 Å². The van der Waals surface area contributed by atoms with Crippen molar-refractivity contribution in [1.29, 1.82) is 0 Å². The highest BCUT2D eigenvalue weighted by Gasteiger charge is 2.27. The Hall–Kier alpha value is -1.67. The number of aromatic nitrogens is 2. The molecule has 1 amide bonds. The molecule has 1 fully saturated rings. The molecule has 0 saturated carbocycles. The van der Waals surface area contributed by atoms with Gasteiger partial charge in [0.05, 0.1) is 48.8 Å². The summed E-state index contributed by atoms with van der Waals surface area (Å²) < 4.78 is 12.9. The van der Waals surface area contributed by atoms with Crippen LogP contribution in [0.4, 0.5) is 5.69 Å². The minimum Gasteiger partial charge on any atom is -0.496 e. The average Bonchev–Trinajstić information content (AvgIpc) is 3.01. The molecule has 0 radical (unpaired) electrons. The van der Waals surface area contributed by atoms with Crippen LogP contribution >= 0.6 is 36.4 Å². The summed E-state index contributed by atoms with van der Waals surface area (Å²) in [5.41, 5.74) is 7.65. The Morgan fingerprint density at radius 3 is 2.81 bits per heavy atom. The van der Waals surface area contributed by atoms with Gasteiger partial charge in [-0.15, -0.1) is 24.8 Å². The molecule has 1 unspecified atom stereocenters. The van der Waals surface area contributed by atoms with Gasteiger partial charge in [-0.2, -0.15) is 5.10 Å².